The van der Waals surface area contributed by atoms with Crippen molar-refractivity contribution < 1.29 is 21.1 Å². The van der Waals surface area contributed by atoms with Crippen LogP contribution >= 0.6 is 0 Å². The first-order valence-electron chi connectivity index (χ1n) is 8.14. The molecule has 0 aromatic heterocycles. The monoisotopic (exact) mass is 505 g/mol. The van der Waals surface area contributed by atoms with Gasteiger partial charge in [-0.2, -0.15) is 0 Å². The number of benzene rings is 2. The summed E-state index contributed by atoms with van der Waals surface area (Å²) in [6, 6.07) is 18.7. The Hall–Kier alpha value is -2.27. The summed E-state index contributed by atoms with van der Waals surface area (Å²) in [7, 11) is 0. The van der Waals surface area contributed by atoms with Gasteiger partial charge in [-0.25, -0.2) is 0 Å². The van der Waals surface area contributed by atoms with Crippen molar-refractivity contribution in [2.45, 2.75) is 25.7 Å². The molecule has 1 heteroatoms. The molecule has 3 rings (SSSR count). The zero-order chi connectivity index (χ0) is 17.3. The summed E-state index contributed by atoms with van der Waals surface area (Å²) in [5.74, 6) is 4.55. The van der Waals surface area contributed by atoms with Crippen molar-refractivity contribution in [2.24, 2.45) is 0 Å². The molecule has 0 N–H and O–H groups in total. The summed E-state index contributed by atoms with van der Waals surface area (Å²) in [5, 5.41) is 0. The molecule has 1 aliphatic rings. The minimum atomic E-state index is 0. The maximum absolute atomic E-state index is 6.69. The van der Waals surface area contributed by atoms with E-state index in [1.54, 1.807) is 0 Å². The van der Waals surface area contributed by atoms with Crippen LogP contribution in [0.4, 0.5) is 0 Å². The van der Waals surface area contributed by atoms with E-state index in [0.29, 0.717) is 0 Å². The van der Waals surface area contributed by atoms with Gasteiger partial charge in [-0.05, 0) is 25.7 Å². The molecular formula is C24H22Pt. The summed E-state index contributed by atoms with van der Waals surface area (Å²) < 4.78 is 0. The quantitative estimate of drug-likeness (QED) is 0.308. The average molecular weight is 506 g/mol. The van der Waals surface area contributed by atoms with Gasteiger partial charge >= 0.3 is 21.1 Å². The standard InChI is InChI=1S/2C8H5.C8H12.Pt/c2*1-2-8-6-4-3-5-7-8;1-2-4-6-8-7-5-3-1;/h2*3-7H;1-4H,5-8H2;/q2*-1;;+2. The third-order valence-corrected chi connectivity index (χ3v) is 3.21. The van der Waals surface area contributed by atoms with Crippen LogP contribution in [-0.2, 0) is 21.1 Å². The molecule has 0 atom stereocenters. The van der Waals surface area contributed by atoms with Crippen LogP contribution in [0, 0.1) is 24.7 Å². The topological polar surface area (TPSA) is 0 Å². The Labute approximate surface area is 167 Å². The fraction of sp³-hybridized carbons (Fsp3) is 0.167. The molecule has 1 aliphatic carbocycles. The molecule has 0 saturated carbocycles. The Morgan fingerprint density at radius 3 is 1.24 bits per heavy atom. The van der Waals surface area contributed by atoms with Gasteiger partial charge in [0.15, 0.2) is 0 Å². The van der Waals surface area contributed by atoms with Gasteiger partial charge in [0.25, 0.3) is 0 Å². The fourth-order valence-electron chi connectivity index (χ4n) is 1.92. The Morgan fingerprint density at radius 2 is 0.960 bits per heavy atom. The molecule has 0 bridgehead atoms. The number of hydrogen-bond donors (Lipinski definition) is 0. The third-order valence-electron chi connectivity index (χ3n) is 3.21. The van der Waals surface area contributed by atoms with Crippen LogP contribution in [0.15, 0.2) is 85.0 Å². The van der Waals surface area contributed by atoms with Crippen molar-refractivity contribution in [3.05, 3.63) is 109 Å². The minimum Gasteiger partial charge on any atom is -0.366 e. The second-order valence-corrected chi connectivity index (χ2v) is 5.12. The van der Waals surface area contributed by atoms with E-state index in [9.17, 15) is 0 Å². The van der Waals surface area contributed by atoms with Gasteiger partial charge in [0, 0.05) is 0 Å². The van der Waals surface area contributed by atoms with Crippen molar-refractivity contribution in [3.8, 4) is 11.8 Å². The van der Waals surface area contributed by atoms with Gasteiger partial charge in [-0.15, -0.1) is 35.4 Å². The summed E-state index contributed by atoms with van der Waals surface area (Å²) >= 11 is 0. The van der Waals surface area contributed by atoms with Gasteiger partial charge in [0.2, 0.25) is 0 Å². The van der Waals surface area contributed by atoms with Gasteiger partial charge in [0.1, 0.15) is 0 Å². The molecule has 128 valence electrons. The van der Waals surface area contributed by atoms with Crippen LogP contribution in [0.2, 0.25) is 0 Å². The molecule has 25 heavy (non-hydrogen) atoms. The molecule has 0 aliphatic heterocycles. The molecular weight excluding hydrogens is 483 g/mol. The van der Waals surface area contributed by atoms with Crippen LogP contribution in [0.5, 0.6) is 0 Å². The van der Waals surface area contributed by atoms with Crippen LogP contribution in [0.1, 0.15) is 36.8 Å². The molecule has 0 saturated heterocycles. The van der Waals surface area contributed by atoms with Crippen molar-refractivity contribution in [3.63, 3.8) is 0 Å². The van der Waals surface area contributed by atoms with E-state index in [1.807, 2.05) is 60.7 Å². The molecule has 0 heterocycles. The fourth-order valence-corrected chi connectivity index (χ4v) is 1.92. The van der Waals surface area contributed by atoms with Crippen LogP contribution in [0.25, 0.3) is 0 Å². The smallest absolute Gasteiger partial charge is 0.366 e. The van der Waals surface area contributed by atoms with E-state index in [0.717, 1.165) is 11.1 Å². The Balaban J connectivity index is 0.000000339. The van der Waals surface area contributed by atoms with Crippen LogP contribution in [0.3, 0.4) is 0 Å². The van der Waals surface area contributed by atoms with E-state index < -0.39 is 0 Å². The van der Waals surface area contributed by atoms with E-state index in [-0.39, 0.29) is 21.1 Å². The van der Waals surface area contributed by atoms with Gasteiger partial charge < -0.3 is 12.8 Å². The maximum atomic E-state index is 6.69. The summed E-state index contributed by atoms with van der Waals surface area (Å²) in [6.07, 6.45) is 27.4. The second-order valence-electron chi connectivity index (χ2n) is 5.12. The molecule has 0 unspecified atom stereocenters. The Bertz CT molecular complexity index is 619. The van der Waals surface area contributed by atoms with E-state index in [1.165, 1.54) is 25.7 Å². The summed E-state index contributed by atoms with van der Waals surface area (Å²) in [6.45, 7) is 0. The zero-order valence-electron chi connectivity index (χ0n) is 14.2. The van der Waals surface area contributed by atoms with Gasteiger partial charge in [-0.3, -0.25) is 11.8 Å². The molecule has 0 fully saturated rings. The van der Waals surface area contributed by atoms with Crippen LogP contribution in [-0.4, -0.2) is 0 Å². The van der Waals surface area contributed by atoms with Crippen molar-refractivity contribution >= 4 is 0 Å². The molecule has 0 radical (unpaired) electrons. The van der Waals surface area contributed by atoms with Crippen molar-refractivity contribution in [1.29, 1.82) is 0 Å². The molecule has 0 spiro atoms. The second kappa shape index (κ2) is 16.6. The third kappa shape index (κ3) is 12.8. The number of rotatable bonds is 0. The maximum Gasteiger partial charge on any atom is 2.00 e. The van der Waals surface area contributed by atoms with Gasteiger partial charge in [-0.1, -0.05) is 60.7 Å². The molecule has 0 nitrogen and oxygen atoms in total. The molecule has 2 aromatic carbocycles. The predicted octanol–water partition coefficient (Wildman–Crippen LogP) is 5.92. The number of hydrogen-bond acceptors (Lipinski definition) is 0. The average Bonchev–Trinajstić information content (AvgIpc) is 2.63. The number of allylic oxidation sites excluding steroid dienone is 4. The first-order valence-corrected chi connectivity index (χ1v) is 8.14. The normalized spacial score (nSPS) is 11.4. The first kappa shape index (κ1) is 22.7. The summed E-state index contributed by atoms with van der Waals surface area (Å²) in [4.78, 5) is 0. The SMILES string of the molecule is C1=CCCCCC=C1.[C-]#Cc1ccccc1.[C-]#Cc1ccccc1.[Pt+2]. The van der Waals surface area contributed by atoms with Crippen molar-refractivity contribution in [1.82, 2.24) is 0 Å². The van der Waals surface area contributed by atoms with Gasteiger partial charge in [0.05, 0.1) is 0 Å². The zero-order valence-corrected chi connectivity index (χ0v) is 16.5. The molecule has 0 amide bonds. The van der Waals surface area contributed by atoms with Crippen molar-refractivity contribution in [2.75, 3.05) is 0 Å². The Kier molecular flexibility index (Phi) is 15.1. The summed E-state index contributed by atoms with van der Waals surface area (Å²) in [5.41, 5.74) is 1.65. The van der Waals surface area contributed by atoms with E-state index in [2.05, 4.69) is 36.1 Å². The minimum absolute atomic E-state index is 0. The Morgan fingerprint density at radius 1 is 0.600 bits per heavy atom. The van der Waals surface area contributed by atoms with Crippen LogP contribution < -0.4 is 0 Å². The largest absolute Gasteiger partial charge is 2.00 e. The van der Waals surface area contributed by atoms with E-state index in [4.69, 9.17) is 12.8 Å². The van der Waals surface area contributed by atoms with E-state index >= 15 is 0 Å². The molecule has 2 aromatic rings. The first-order chi connectivity index (χ1) is 11.9. The predicted molar refractivity (Wildman–Crippen MR) is 102 cm³/mol.